The Balaban J connectivity index is 1.14. The zero-order valence-electron chi connectivity index (χ0n) is 25.4. The van der Waals surface area contributed by atoms with Gasteiger partial charge in [-0.25, -0.2) is 0 Å². The summed E-state index contributed by atoms with van der Waals surface area (Å²) in [5.41, 5.74) is 9.03. The van der Waals surface area contributed by atoms with Gasteiger partial charge in [-0.3, -0.25) is 0 Å². The second-order valence-electron chi connectivity index (χ2n) is 12.2. The average molecular weight is 602 g/mol. The van der Waals surface area contributed by atoms with Crippen LogP contribution in [0.2, 0.25) is 0 Å². The summed E-state index contributed by atoms with van der Waals surface area (Å²) in [6, 6.07) is 58.0. The van der Waals surface area contributed by atoms with Gasteiger partial charge < -0.3 is 13.7 Å². The lowest BCUT2D eigenvalue weighted by atomic mass is 9.98. The van der Waals surface area contributed by atoms with Crippen molar-refractivity contribution in [3.8, 4) is 11.1 Å². The van der Waals surface area contributed by atoms with E-state index in [2.05, 4.69) is 150 Å². The number of nitrogens with zero attached hydrogens (tertiary/aromatic N) is 1. The standard InChI is InChI=1S/C44H27NO2/c1-3-10-30-24-33(19-16-28(30)8-1)45(34-20-17-29-9-2-4-11-31(29)25-34)35-21-23-41-39(27-35)37-22-18-32(26-43(37)47-41)36-13-7-15-42-44(36)38-12-5-6-14-40(38)46-42/h1-27H. The maximum atomic E-state index is 6.52. The number of para-hydroxylation sites is 1. The molecule has 10 rings (SSSR count). The van der Waals surface area contributed by atoms with Crippen LogP contribution in [0.25, 0.3) is 76.5 Å². The molecule has 3 heteroatoms. The first-order valence-electron chi connectivity index (χ1n) is 15.9. The molecular weight excluding hydrogens is 574 g/mol. The van der Waals surface area contributed by atoms with Crippen LogP contribution in [0.15, 0.2) is 173 Å². The number of furan rings is 2. The predicted molar refractivity (Wildman–Crippen MR) is 196 cm³/mol. The van der Waals surface area contributed by atoms with Crippen molar-refractivity contribution < 1.29 is 8.83 Å². The number of anilines is 3. The van der Waals surface area contributed by atoms with E-state index in [0.29, 0.717) is 0 Å². The van der Waals surface area contributed by atoms with Gasteiger partial charge in [-0.15, -0.1) is 0 Å². The Kier molecular flexibility index (Phi) is 5.57. The van der Waals surface area contributed by atoms with E-state index in [0.717, 1.165) is 72.1 Å². The Hall–Kier alpha value is -6.32. The Morgan fingerprint density at radius 1 is 0.340 bits per heavy atom. The highest BCUT2D eigenvalue weighted by Crippen LogP contribution is 2.42. The number of hydrogen-bond acceptors (Lipinski definition) is 3. The van der Waals surface area contributed by atoms with Gasteiger partial charge in [-0.05, 0) is 99.4 Å². The van der Waals surface area contributed by atoms with Crippen molar-refractivity contribution in [3.63, 3.8) is 0 Å². The molecule has 0 fully saturated rings. The van der Waals surface area contributed by atoms with Gasteiger partial charge in [0.05, 0.1) is 0 Å². The Labute approximate surface area is 270 Å². The molecule has 0 amide bonds. The molecule has 3 nitrogen and oxygen atoms in total. The minimum atomic E-state index is 0.863. The van der Waals surface area contributed by atoms with Crippen molar-refractivity contribution in [2.45, 2.75) is 0 Å². The van der Waals surface area contributed by atoms with Crippen molar-refractivity contribution in [1.29, 1.82) is 0 Å². The van der Waals surface area contributed by atoms with E-state index in [-0.39, 0.29) is 0 Å². The molecule has 0 saturated heterocycles. The number of rotatable bonds is 4. The first-order chi connectivity index (χ1) is 23.3. The Morgan fingerprint density at radius 3 is 1.70 bits per heavy atom. The molecule has 0 spiro atoms. The van der Waals surface area contributed by atoms with Gasteiger partial charge in [0.2, 0.25) is 0 Å². The second kappa shape index (κ2) is 10.1. The monoisotopic (exact) mass is 601 g/mol. The molecule has 0 atom stereocenters. The van der Waals surface area contributed by atoms with Gasteiger partial charge in [0, 0.05) is 38.6 Å². The van der Waals surface area contributed by atoms with Crippen LogP contribution in [0, 0.1) is 0 Å². The van der Waals surface area contributed by atoms with Crippen LogP contribution >= 0.6 is 0 Å². The fourth-order valence-corrected chi connectivity index (χ4v) is 7.17. The topological polar surface area (TPSA) is 29.5 Å². The largest absolute Gasteiger partial charge is 0.456 e. The molecule has 10 aromatic rings. The minimum Gasteiger partial charge on any atom is -0.456 e. The van der Waals surface area contributed by atoms with Crippen molar-refractivity contribution in [2.75, 3.05) is 4.90 Å². The van der Waals surface area contributed by atoms with Gasteiger partial charge in [0.25, 0.3) is 0 Å². The first kappa shape index (κ1) is 26.0. The molecule has 0 N–H and O–H groups in total. The third-order valence-corrected chi connectivity index (χ3v) is 9.41. The van der Waals surface area contributed by atoms with Crippen molar-refractivity contribution in [3.05, 3.63) is 164 Å². The molecule has 0 radical (unpaired) electrons. The maximum absolute atomic E-state index is 6.52. The molecule has 47 heavy (non-hydrogen) atoms. The molecule has 220 valence electrons. The summed E-state index contributed by atoms with van der Waals surface area (Å²) in [5.74, 6) is 0. The fourth-order valence-electron chi connectivity index (χ4n) is 7.17. The van der Waals surface area contributed by atoms with Gasteiger partial charge >= 0.3 is 0 Å². The summed E-state index contributed by atoms with van der Waals surface area (Å²) < 4.78 is 12.7. The van der Waals surface area contributed by atoms with E-state index < -0.39 is 0 Å². The zero-order valence-corrected chi connectivity index (χ0v) is 25.4. The van der Waals surface area contributed by atoms with Crippen molar-refractivity contribution >= 4 is 82.5 Å². The van der Waals surface area contributed by atoms with E-state index in [1.807, 2.05) is 18.2 Å². The lowest BCUT2D eigenvalue weighted by Gasteiger charge is -2.26. The highest BCUT2D eigenvalue weighted by atomic mass is 16.3. The molecule has 0 unspecified atom stereocenters. The summed E-state index contributed by atoms with van der Waals surface area (Å²) in [6.45, 7) is 0. The summed E-state index contributed by atoms with van der Waals surface area (Å²) in [5, 5.41) is 9.28. The SMILES string of the molecule is c1ccc2cc(N(c3ccc4ccccc4c3)c3ccc4oc5cc(-c6cccc7oc8ccccc8c67)ccc5c4c3)ccc2c1. The van der Waals surface area contributed by atoms with Gasteiger partial charge in [-0.2, -0.15) is 0 Å². The molecule has 0 saturated carbocycles. The quantitative estimate of drug-likeness (QED) is 0.201. The highest BCUT2D eigenvalue weighted by Gasteiger charge is 2.18. The van der Waals surface area contributed by atoms with Crippen LogP contribution in [0.1, 0.15) is 0 Å². The van der Waals surface area contributed by atoms with E-state index in [4.69, 9.17) is 8.83 Å². The lowest BCUT2D eigenvalue weighted by Crippen LogP contribution is -2.09. The molecular formula is C44H27NO2. The zero-order chi connectivity index (χ0) is 30.9. The second-order valence-corrected chi connectivity index (χ2v) is 12.2. The van der Waals surface area contributed by atoms with Crippen LogP contribution in [-0.2, 0) is 0 Å². The Bertz CT molecular complexity index is 2740. The maximum Gasteiger partial charge on any atom is 0.136 e. The molecule has 8 aromatic carbocycles. The van der Waals surface area contributed by atoms with Crippen LogP contribution in [0.3, 0.4) is 0 Å². The number of fused-ring (bicyclic) bond motifs is 8. The molecule has 2 aromatic heterocycles. The normalized spacial score (nSPS) is 11.8. The van der Waals surface area contributed by atoms with E-state index >= 15 is 0 Å². The van der Waals surface area contributed by atoms with Gasteiger partial charge in [0.15, 0.2) is 0 Å². The summed E-state index contributed by atoms with van der Waals surface area (Å²) in [7, 11) is 0. The molecule has 0 aliphatic heterocycles. The van der Waals surface area contributed by atoms with E-state index in [1.165, 1.54) is 21.5 Å². The predicted octanol–water partition coefficient (Wildman–Crippen LogP) is 12.9. The fraction of sp³-hybridized carbons (Fsp3) is 0. The lowest BCUT2D eigenvalue weighted by molar-refractivity contribution is 0.668. The van der Waals surface area contributed by atoms with Crippen LogP contribution in [0.4, 0.5) is 17.1 Å². The van der Waals surface area contributed by atoms with Crippen LogP contribution in [-0.4, -0.2) is 0 Å². The third kappa shape index (κ3) is 4.14. The van der Waals surface area contributed by atoms with Crippen LogP contribution in [0.5, 0.6) is 0 Å². The van der Waals surface area contributed by atoms with Crippen LogP contribution < -0.4 is 4.90 Å². The summed E-state index contributed by atoms with van der Waals surface area (Å²) in [6.07, 6.45) is 0. The Morgan fingerprint density at radius 2 is 0.936 bits per heavy atom. The number of hydrogen-bond donors (Lipinski definition) is 0. The van der Waals surface area contributed by atoms with Gasteiger partial charge in [0.1, 0.15) is 22.3 Å². The molecule has 2 heterocycles. The minimum absolute atomic E-state index is 0.863. The summed E-state index contributed by atoms with van der Waals surface area (Å²) >= 11 is 0. The molecule has 0 aliphatic rings. The molecule has 0 aliphatic carbocycles. The first-order valence-corrected chi connectivity index (χ1v) is 15.9. The van der Waals surface area contributed by atoms with E-state index in [9.17, 15) is 0 Å². The summed E-state index contributed by atoms with van der Waals surface area (Å²) in [4.78, 5) is 2.34. The third-order valence-electron chi connectivity index (χ3n) is 9.41. The van der Waals surface area contributed by atoms with Gasteiger partial charge in [-0.1, -0.05) is 97.1 Å². The smallest absolute Gasteiger partial charge is 0.136 e. The highest BCUT2D eigenvalue weighted by molar-refractivity contribution is 6.14. The van der Waals surface area contributed by atoms with Crippen molar-refractivity contribution in [1.82, 2.24) is 0 Å². The van der Waals surface area contributed by atoms with Crippen molar-refractivity contribution in [2.24, 2.45) is 0 Å². The number of benzene rings is 8. The average Bonchev–Trinajstić information content (AvgIpc) is 3.69. The molecule has 0 bridgehead atoms. The van der Waals surface area contributed by atoms with E-state index in [1.54, 1.807) is 0 Å².